The number of hydrogen-bond acceptors (Lipinski definition) is 5. The number of nitrogen functional groups attached to an aromatic ring is 1. The monoisotopic (exact) mass is 260 g/mol. The molecule has 0 radical (unpaired) electrons. The highest BCUT2D eigenvalue weighted by atomic mass is 16.5. The third-order valence-electron chi connectivity index (χ3n) is 2.80. The Bertz CT molecular complexity index is 600. The summed E-state index contributed by atoms with van der Waals surface area (Å²) in [6.07, 6.45) is 0. The summed E-state index contributed by atoms with van der Waals surface area (Å²) >= 11 is 0. The lowest BCUT2D eigenvalue weighted by Gasteiger charge is -2.07. The molecule has 0 unspecified atom stereocenters. The molecule has 2 aromatic rings. The van der Waals surface area contributed by atoms with Gasteiger partial charge in [0.15, 0.2) is 0 Å². The van der Waals surface area contributed by atoms with Gasteiger partial charge in [-0.1, -0.05) is 0 Å². The highest BCUT2D eigenvalue weighted by Crippen LogP contribution is 2.19. The summed E-state index contributed by atoms with van der Waals surface area (Å²) in [4.78, 5) is 4.25. The van der Waals surface area contributed by atoms with Gasteiger partial charge in [-0.2, -0.15) is 5.26 Å². The van der Waals surface area contributed by atoms with Crippen molar-refractivity contribution < 1.29 is 9.47 Å². The summed E-state index contributed by atoms with van der Waals surface area (Å²) in [5.41, 5.74) is 8.11. The van der Waals surface area contributed by atoms with Gasteiger partial charge in [0.2, 0.25) is 5.95 Å². The first-order chi connectivity index (χ1) is 9.26. The molecule has 0 fully saturated rings. The summed E-state index contributed by atoms with van der Waals surface area (Å²) < 4.78 is 12.2. The van der Waals surface area contributed by atoms with Crippen LogP contribution in [-0.4, -0.2) is 36.5 Å². The zero-order chi connectivity index (χ0) is 13.7. The van der Waals surface area contributed by atoms with Gasteiger partial charge >= 0.3 is 0 Å². The van der Waals surface area contributed by atoms with Crippen LogP contribution in [0.25, 0.3) is 11.0 Å². The number of nitrogens with two attached hydrogens (primary N) is 1. The summed E-state index contributed by atoms with van der Waals surface area (Å²) in [6.45, 7) is 2.24. The minimum absolute atomic E-state index is 0.431. The van der Waals surface area contributed by atoms with E-state index in [0.717, 1.165) is 11.0 Å². The van der Waals surface area contributed by atoms with E-state index in [-0.39, 0.29) is 0 Å². The van der Waals surface area contributed by atoms with E-state index in [1.54, 1.807) is 25.3 Å². The maximum atomic E-state index is 8.92. The van der Waals surface area contributed by atoms with Gasteiger partial charge in [-0.3, -0.25) is 0 Å². The minimum atomic E-state index is 0.431. The normalized spacial score (nSPS) is 10.7. The molecular formula is C13H16N4O2. The van der Waals surface area contributed by atoms with Crippen molar-refractivity contribution in [3.63, 3.8) is 0 Å². The number of hydrogen-bond donors (Lipinski definition) is 1. The molecule has 19 heavy (non-hydrogen) atoms. The van der Waals surface area contributed by atoms with Crippen molar-refractivity contribution >= 4 is 17.0 Å². The summed E-state index contributed by atoms with van der Waals surface area (Å²) in [5, 5.41) is 8.92. The fourth-order valence-corrected chi connectivity index (χ4v) is 1.85. The molecular weight excluding hydrogens is 244 g/mol. The fraction of sp³-hybridized carbons (Fsp3) is 0.385. The first kappa shape index (κ1) is 13.3. The van der Waals surface area contributed by atoms with Gasteiger partial charge in [-0.25, -0.2) is 4.98 Å². The summed E-state index contributed by atoms with van der Waals surface area (Å²) in [5.74, 6) is 0.431. The van der Waals surface area contributed by atoms with E-state index in [1.807, 2.05) is 4.57 Å². The number of imidazole rings is 1. The molecule has 0 saturated carbocycles. The lowest BCUT2D eigenvalue weighted by molar-refractivity contribution is 0.0671. The largest absolute Gasteiger partial charge is 0.382 e. The topological polar surface area (TPSA) is 86.1 Å². The Kier molecular flexibility index (Phi) is 4.34. The van der Waals surface area contributed by atoms with Crippen LogP contribution in [0.3, 0.4) is 0 Å². The number of anilines is 1. The van der Waals surface area contributed by atoms with Gasteiger partial charge in [0.1, 0.15) is 0 Å². The van der Waals surface area contributed by atoms with Crippen molar-refractivity contribution in [2.45, 2.75) is 6.54 Å². The number of aromatic nitrogens is 2. The van der Waals surface area contributed by atoms with Gasteiger partial charge in [-0.15, -0.1) is 0 Å². The number of nitriles is 1. The predicted molar refractivity (Wildman–Crippen MR) is 71.6 cm³/mol. The molecule has 0 aliphatic rings. The summed E-state index contributed by atoms with van der Waals surface area (Å²) in [6, 6.07) is 7.42. The van der Waals surface area contributed by atoms with Gasteiger partial charge in [-0.05, 0) is 18.2 Å². The number of rotatable bonds is 6. The van der Waals surface area contributed by atoms with Crippen LogP contribution in [0, 0.1) is 11.3 Å². The number of methoxy groups -OCH3 is 1. The molecule has 0 bridgehead atoms. The molecule has 1 heterocycles. The van der Waals surface area contributed by atoms with E-state index in [4.69, 9.17) is 20.5 Å². The van der Waals surface area contributed by atoms with E-state index in [1.165, 1.54) is 0 Å². The molecule has 0 spiro atoms. The van der Waals surface area contributed by atoms with Gasteiger partial charge in [0.05, 0.1) is 42.5 Å². The Balaban J connectivity index is 2.13. The van der Waals surface area contributed by atoms with Crippen molar-refractivity contribution in [1.82, 2.24) is 9.55 Å². The van der Waals surface area contributed by atoms with Gasteiger partial charge in [0.25, 0.3) is 0 Å². The van der Waals surface area contributed by atoms with E-state index in [0.29, 0.717) is 37.9 Å². The molecule has 0 aliphatic heterocycles. The third kappa shape index (κ3) is 3.02. The van der Waals surface area contributed by atoms with Crippen molar-refractivity contribution in [3.05, 3.63) is 23.8 Å². The SMILES string of the molecule is COCCOCCn1c(N)nc2ccc(C#N)cc21. The fourth-order valence-electron chi connectivity index (χ4n) is 1.85. The van der Waals surface area contributed by atoms with Gasteiger partial charge in [0, 0.05) is 13.7 Å². The highest BCUT2D eigenvalue weighted by molar-refractivity contribution is 5.79. The first-order valence-corrected chi connectivity index (χ1v) is 5.99. The molecule has 0 amide bonds. The lowest BCUT2D eigenvalue weighted by atomic mass is 10.2. The van der Waals surface area contributed by atoms with E-state index in [9.17, 15) is 0 Å². The molecule has 1 aromatic carbocycles. The maximum absolute atomic E-state index is 8.92. The Hall–Kier alpha value is -2.10. The second-order valence-electron chi connectivity index (χ2n) is 4.04. The van der Waals surface area contributed by atoms with E-state index < -0.39 is 0 Å². The van der Waals surface area contributed by atoms with Crippen LogP contribution < -0.4 is 5.73 Å². The summed E-state index contributed by atoms with van der Waals surface area (Å²) in [7, 11) is 1.63. The van der Waals surface area contributed by atoms with Crippen LogP contribution in [0.5, 0.6) is 0 Å². The number of ether oxygens (including phenoxy) is 2. The van der Waals surface area contributed by atoms with Crippen molar-refractivity contribution in [3.8, 4) is 6.07 Å². The number of benzene rings is 1. The standard InChI is InChI=1S/C13H16N4O2/c1-18-6-7-19-5-4-17-12-8-10(9-14)2-3-11(12)16-13(17)15/h2-3,8H,4-7H2,1H3,(H2,15,16). The van der Waals surface area contributed by atoms with Crippen molar-refractivity contribution in [2.24, 2.45) is 0 Å². The van der Waals surface area contributed by atoms with Gasteiger partial charge < -0.3 is 19.8 Å². The van der Waals surface area contributed by atoms with E-state index in [2.05, 4.69) is 11.1 Å². The Morgan fingerprint density at radius 3 is 2.95 bits per heavy atom. The predicted octanol–water partition coefficient (Wildman–Crippen LogP) is 1.15. The van der Waals surface area contributed by atoms with Crippen LogP contribution in [0.15, 0.2) is 18.2 Å². The smallest absolute Gasteiger partial charge is 0.201 e. The molecule has 6 nitrogen and oxygen atoms in total. The number of nitrogens with zero attached hydrogens (tertiary/aromatic N) is 3. The van der Waals surface area contributed by atoms with Crippen molar-refractivity contribution in [1.29, 1.82) is 5.26 Å². The number of fused-ring (bicyclic) bond motifs is 1. The Labute approximate surface area is 111 Å². The highest BCUT2D eigenvalue weighted by Gasteiger charge is 2.08. The molecule has 100 valence electrons. The second kappa shape index (κ2) is 6.18. The van der Waals surface area contributed by atoms with Crippen molar-refractivity contribution in [2.75, 3.05) is 32.7 Å². The molecule has 0 aliphatic carbocycles. The maximum Gasteiger partial charge on any atom is 0.201 e. The average molecular weight is 260 g/mol. The molecule has 6 heteroatoms. The second-order valence-corrected chi connectivity index (χ2v) is 4.04. The molecule has 0 atom stereocenters. The van der Waals surface area contributed by atoms with Crippen LogP contribution in [0.2, 0.25) is 0 Å². The molecule has 2 N–H and O–H groups in total. The van der Waals surface area contributed by atoms with Crippen LogP contribution in [0.4, 0.5) is 5.95 Å². The Morgan fingerprint density at radius 2 is 2.21 bits per heavy atom. The zero-order valence-electron chi connectivity index (χ0n) is 10.8. The zero-order valence-corrected chi connectivity index (χ0v) is 10.8. The van der Waals surface area contributed by atoms with E-state index >= 15 is 0 Å². The van der Waals surface area contributed by atoms with Crippen LogP contribution >= 0.6 is 0 Å². The minimum Gasteiger partial charge on any atom is -0.382 e. The Morgan fingerprint density at radius 1 is 1.37 bits per heavy atom. The third-order valence-corrected chi connectivity index (χ3v) is 2.80. The molecule has 2 rings (SSSR count). The quantitative estimate of drug-likeness (QED) is 0.787. The van der Waals surface area contributed by atoms with Crippen LogP contribution in [-0.2, 0) is 16.0 Å². The lowest BCUT2D eigenvalue weighted by Crippen LogP contribution is -2.11. The average Bonchev–Trinajstić information content (AvgIpc) is 2.74. The molecule has 1 aromatic heterocycles. The van der Waals surface area contributed by atoms with Crippen LogP contribution in [0.1, 0.15) is 5.56 Å². The first-order valence-electron chi connectivity index (χ1n) is 5.99. The molecule has 0 saturated heterocycles.